The molecule has 0 saturated heterocycles. The molecular formula is C30H28N2O3S. The molecular weight excluding hydrogens is 468 g/mol. The molecule has 0 radical (unpaired) electrons. The zero-order valence-corrected chi connectivity index (χ0v) is 21.2. The maximum atomic E-state index is 14.0. The van der Waals surface area contributed by atoms with E-state index in [2.05, 4.69) is 24.0 Å². The molecule has 5 nitrogen and oxygen atoms in total. The van der Waals surface area contributed by atoms with E-state index in [4.69, 9.17) is 4.74 Å². The number of nitrogens with zero attached hydrogens (tertiary/aromatic N) is 2. The smallest absolute Gasteiger partial charge is 0.269 e. The molecule has 182 valence electrons. The molecule has 3 aromatic rings. The zero-order valence-electron chi connectivity index (χ0n) is 20.3. The lowest BCUT2D eigenvalue weighted by molar-refractivity contribution is 0.414. The van der Waals surface area contributed by atoms with Gasteiger partial charge in [-0.05, 0) is 46.9 Å². The number of allylic oxidation sites excluding steroid dienone is 3. The van der Waals surface area contributed by atoms with Crippen molar-refractivity contribution in [2.45, 2.75) is 18.8 Å². The Morgan fingerprint density at radius 1 is 0.889 bits per heavy atom. The molecule has 6 heteroatoms. The maximum absolute atomic E-state index is 14.0. The molecule has 36 heavy (non-hydrogen) atoms. The number of sulfonamides is 1. The summed E-state index contributed by atoms with van der Waals surface area (Å²) in [5, 5.41) is 0. The molecule has 2 aliphatic rings. The van der Waals surface area contributed by atoms with Crippen LogP contribution in [0.5, 0.6) is 5.75 Å². The van der Waals surface area contributed by atoms with E-state index in [0.717, 1.165) is 28.0 Å². The van der Waals surface area contributed by atoms with Gasteiger partial charge in [0.25, 0.3) is 10.0 Å². The molecule has 0 bridgehead atoms. The molecule has 0 aromatic heterocycles. The van der Waals surface area contributed by atoms with E-state index in [0.29, 0.717) is 18.5 Å². The van der Waals surface area contributed by atoms with Crippen LogP contribution < -0.4 is 4.74 Å². The lowest BCUT2D eigenvalue weighted by atomic mass is 9.66. The first-order valence-corrected chi connectivity index (χ1v) is 13.3. The number of benzene rings is 3. The Hall–Kier alpha value is -3.90. The van der Waals surface area contributed by atoms with Gasteiger partial charge in [-0.25, -0.2) is 12.7 Å². The van der Waals surface area contributed by atoms with Crippen molar-refractivity contribution < 1.29 is 13.2 Å². The number of methoxy groups -OCH3 is 1. The Labute approximate surface area is 212 Å². The molecule has 0 amide bonds. The van der Waals surface area contributed by atoms with E-state index in [-0.39, 0.29) is 4.91 Å². The summed E-state index contributed by atoms with van der Waals surface area (Å²) in [4.78, 5) is 4.45. The summed E-state index contributed by atoms with van der Waals surface area (Å²) in [6.07, 6.45) is 7.10. The van der Waals surface area contributed by atoms with Crippen molar-refractivity contribution in [1.29, 1.82) is 0 Å². The van der Waals surface area contributed by atoms with E-state index < -0.39 is 15.4 Å². The van der Waals surface area contributed by atoms with Gasteiger partial charge in [-0.15, -0.1) is 0 Å². The SMILES string of the molecule is COc1ccc(C2=C(c3ccccc3)C(S(=O)(=O)N3C=CCN=C3)=CCC2(C)c2ccccc2)cc1. The van der Waals surface area contributed by atoms with Gasteiger partial charge >= 0.3 is 0 Å². The quantitative estimate of drug-likeness (QED) is 0.418. The van der Waals surface area contributed by atoms with Gasteiger partial charge in [0.2, 0.25) is 0 Å². The molecule has 3 aromatic carbocycles. The zero-order chi connectivity index (χ0) is 25.2. The van der Waals surface area contributed by atoms with Gasteiger partial charge in [0, 0.05) is 17.2 Å². The highest BCUT2D eigenvalue weighted by Gasteiger charge is 2.41. The van der Waals surface area contributed by atoms with Crippen molar-refractivity contribution in [3.63, 3.8) is 0 Å². The number of hydrogen-bond donors (Lipinski definition) is 0. The molecule has 1 aliphatic heterocycles. The molecule has 1 heterocycles. The summed E-state index contributed by atoms with van der Waals surface area (Å²) in [7, 11) is -2.25. The summed E-state index contributed by atoms with van der Waals surface area (Å²) in [6, 6.07) is 27.9. The third-order valence-electron chi connectivity index (χ3n) is 6.81. The third-order valence-corrected chi connectivity index (χ3v) is 8.51. The monoisotopic (exact) mass is 496 g/mol. The predicted molar refractivity (Wildman–Crippen MR) is 146 cm³/mol. The van der Waals surface area contributed by atoms with Crippen molar-refractivity contribution in [2.75, 3.05) is 13.7 Å². The van der Waals surface area contributed by atoms with E-state index in [1.54, 1.807) is 19.4 Å². The molecule has 0 spiro atoms. The van der Waals surface area contributed by atoms with Crippen LogP contribution in [0.25, 0.3) is 11.1 Å². The van der Waals surface area contributed by atoms with Crippen LogP contribution in [0.4, 0.5) is 0 Å². The van der Waals surface area contributed by atoms with Crippen LogP contribution in [0, 0.1) is 0 Å². The summed E-state index contributed by atoms with van der Waals surface area (Å²) in [5.74, 6) is 0.746. The Kier molecular flexibility index (Phi) is 6.37. The minimum atomic E-state index is -3.89. The largest absolute Gasteiger partial charge is 0.497 e. The predicted octanol–water partition coefficient (Wildman–Crippen LogP) is 6.04. The van der Waals surface area contributed by atoms with Crippen LogP contribution in [0.1, 0.15) is 30.0 Å². The molecule has 0 N–H and O–H groups in total. The Bertz CT molecular complexity index is 1460. The second-order valence-corrected chi connectivity index (χ2v) is 10.8. The van der Waals surface area contributed by atoms with Crippen molar-refractivity contribution in [2.24, 2.45) is 4.99 Å². The minimum absolute atomic E-state index is 0.283. The molecule has 5 rings (SSSR count). The number of aliphatic imine (C=N–C) groups is 1. The lowest BCUT2D eigenvalue weighted by Gasteiger charge is -2.39. The van der Waals surface area contributed by atoms with Gasteiger partial charge < -0.3 is 4.74 Å². The Morgan fingerprint density at radius 3 is 2.17 bits per heavy atom. The fraction of sp³-hybridized carbons (Fsp3) is 0.167. The highest BCUT2D eigenvalue weighted by Crippen LogP contribution is 2.52. The first kappa shape index (κ1) is 23.8. The fourth-order valence-corrected chi connectivity index (χ4v) is 6.38. The number of hydrogen-bond acceptors (Lipinski definition) is 4. The number of rotatable bonds is 6. The highest BCUT2D eigenvalue weighted by molar-refractivity contribution is 7.94. The fourth-order valence-electron chi connectivity index (χ4n) is 4.95. The molecule has 1 aliphatic carbocycles. The van der Waals surface area contributed by atoms with Crippen molar-refractivity contribution in [1.82, 2.24) is 4.31 Å². The van der Waals surface area contributed by atoms with Crippen molar-refractivity contribution in [3.05, 3.63) is 125 Å². The summed E-state index contributed by atoms with van der Waals surface area (Å²) in [6.45, 7) is 2.66. The second-order valence-electron chi connectivity index (χ2n) is 9.02. The van der Waals surface area contributed by atoms with E-state index >= 15 is 0 Å². The summed E-state index contributed by atoms with van der Waals surface area (Å²) >= 11 is 0. The van der Waals surface area contributed by atoms with E-state index in [1.165, 1.54) is 10.6 Å². The van der Waals surface area contributed by atoms with Crippen molar-refractivity contribution in [3.8, 4) is 5.75 Å². The highest BCUT2D eigenvalue weighted by atomic mass is 32.2. The molecule has 0 saturated carbocycles. The van der Waals surface area contributed by atoms with E-state index in [1.807, 2.05) is 78.9 Å². The van der Waals surface area contributed by atoms with Gasteiger partial charge in [-0.3, -0.25) is 4.99 Å². The van der Waals surface area contributed by atoms with Gasteiger partial charge in [-0.2, -0.15) is 0 Å². The average molecular weight is 497 g/mol. The van der Waals surface area contributed by atoms with Crippen molar-refractivity contribution >= 4 is 27.5 Å². The second kappa shape index (κ2) is 9.63. The van der Waals surface area contributed by atoms with Crippen LogP contribution in [0.2, 0.25) is 0 Å². The van der Waals surface area contributed by atoms with Crippen LogP contribution in [-0.4, -0.2) is 32.7 Å². The number of ether oxygens (including phenoxy) is 1. The standard InChI is InChI=1S/C30H28N2O3S/c1-30(25-12-7-4-8-13-25)19-18-27(36(33,34)32-21-9-20-31-22-32)28(23-10-5-3-6-11-23)29(30)24-14-16-26(35-2)17-15-24/h3-18,21-22H,19-20H2,1-2H3. The third kappa shape index (κ3) is 4.18. The van der Waals surface area contributed by atoms with Gasteiger partial charge in [0.1, 0.15) is 12.1 Å². The topological polar surface area (TPSA) is 59.0 Å². The van der Waals surface area contributed by atoms with E-state index in [9.17, 15) is 8.42 Å². The maximum Gasteiger partial charge on any atom is 0.269 e. The minimum Gasteiger partial charge on any atom is -0.497 e. The van der Waals surface area contributed by atoms with Gasteiger partial charge in [0.05, 0.1) is 18.6 Å². The summed E-state index contributed by atoms with van der Waals surface area (Å²) in [5.41, 5.74) is 4.11. The Balaban J connectivity index is 1.83. The molecule has 1 unspecified atom stereocenters. The van der Waals surface area contributed by atoms with Crippen LogP contribution in [0.15, 0.2) is 113 Å². The summed E-state index contributed by atoms with van der Waals surface area (Å²) < 4.78 is 34.6. The first-order chi connectivity index (χ1) is 17.4. The van der Waals surface area contributed by atoms with Crippen LogP contribution >= 0.6 is 0 Å². The molecule has 1 atom stereocenters. The normalized spacial score (nSPS) is 19.8. The average Bonchev–Trinajstić information content (AvgIpc) is 2.94. The van der Waals surface area contributed by atoms with Crippen LogP contribution in [-0.2, 0) is 15.4 Å². The first-order valence-electron chi connectivity index (χ1n) is 11.9. The lowest BCUT2D eigenvalue weighted by Crippen LogP contribution is -2.33. The molecule has 0 fully saturated rings. The van der Waals surface area contributed by atoms with Gasteiger partial charge in [0.15, 0.2) is 0 Å². The Morgan fingerprint density at radius 2 is 1.56 bits per heavy atom. The van der Waals surface area contributed by atoms with Gasteiger partial charge in [-0.1, -0.05) is 85.8 Å². The van der Waals surface area contributed by atoms with Crippen LogP contribution in [0.3, 0.4) is 0 Å².